The van der Waals surface area contributed by atoms with Crippen LogP contribution in [0.4, 0.5) is 0 Å². The van der Waals surface area contributed by atoms with Crippen molar-refractivity contribution < 1.29 is 4.79 Å². The lowest BCUT2D eigenvalue weighted by Gasteiger charge is -2.32. The highest BCUT2D eigenvalue weighted by Gasteiger charge is 2.26. The molecule has 4 heteroatoms. The fourth-order valence-electron chi connectivity index (χ4n) is 4.02. The van der Waals surface area contributed by atoms with Crippen molar-refractivity contribution in [1.82, 2.24) is 14.8 Å². The number of piperidine rings is 1. The number of aryl methyl sites for hydroxylation is 2. The number of nitrogens with one attached hydrogen (secondary N) is 1. The molecule has 1 aromatic heterocycles. The maximum atomic E-state index is 13.1. The summed E-state index contributed by atoms with van der Waals surface area (Å²) in [6.07, 6.45) is 2.29. The van der Waals surface area contributed by atoms with E-state index in [1.165, 1.54) is 12.0 Å². The van der Waals surface area contributed by atoms with Crippen LogP contribution in [0.3, 0.4) is 0 Å². The summed E-state index contributed by atoms with van der Waals surface area (Å²) in [4.78, 5) is 15.2. The van der Waals surface area contributed by atoms with E-state index in [0.717, 1.165) is 48.7 Å². The van der Waals surface area contributed by atoms with Gasteiger partial charge in [0.15, 0.2) is 0 Å². The molecule has 0 spiro atoms. The first-order chi connectivity index (χ1) is 12.0. The van der Waals surface area contributed by atoms with E-state index in [4.69, 9.17) is 0 Å². The predicted molar refractivity (Wildman–Crippen MR) is 103 cm³/mol. The van der Waals surface area contributed by atoms with Crippen LogP contribution in [0.1, 0.15) is 40.2 Å². The Labute approximate surface area is 150 Å². The minimum Gasteiger partial charge on any atom is -0.338 e. The Balaban J connectivity index is 1.88. The first-order valence-electron chi connectivity index (χ1n) is 9.21. The van der Waals surface area contributed by atoms with Gasteiger partial charge < -0.3 is 14.8 Å². The quantitative estimate of drug-likeness (QED) is 0.926. The zero-order chi connectivity index (χ0) is 18.0. The number of benzene rings is 1. The molecule has 1 unspecified atom stereocenters. The van der Waals surface area contributed by atoms with Gasteiger partial charge in [0.2, 0.25) is 0 Å². The van der Waals surface area contributed by atoms with Crippen LogP contribution in [0.2, 0.25) is 0 Å². The molecule has 0 aliphatic carbocycles. The van der Waals surface area contributed by atoms with E-state index >= 15 is 0 Å². The summed E-state index contributed by atoms with van der Waals surface area (Å²) in [5.41, 5.74) is 5.33. The second-order valence-electron chi connectivity index (χ2n) is 7.28. The summed E-state index contributed by atoms with van der Waals surface area (Å²) in [6.45, 7) is 8.93. The van der Waals surface area contributed by atoms with Gasteiger partial charge in [0.05, 0.1) is 5.56 Å². The van der Waals surface area contributed by atoms with Crippen molar-refractivity contribution in [3.63, 3.8) is 0 Å². The molecule has 134 valence electrons. The van der Waals surface area contributed by atoms with E-state index in [9.17, 15) is 4.79 Å². The number of aromatic nitrogens is 1. The molecule has 1 aliphatic heterocycles. The highest BCUT2D eigenvalue weighted by atomic mass is 16.2. The molecule has 1 saturated heterocycles. The van der Waals surface area contributed by atoms with Crippen LogP contribution in [0, 0.1) is 26.7 Å². The van der Waals surface area contributed by atoms with Gasteiger partial charge in [-0.3, -0.25) is 4.79 Å². The second-order valence-corrected chi connectivity index (χ2v) is 7.28. The summed E-state index contributed by atoms with van der Waals surface area (Å²) in [5, 5.41) is 3.25. The summed E-state index contributed by atoms with van der Waals surface area (Å²) in [6, 6.07) is 10.5. The number of carbonyl (C=O) groups is 1. The average Bonchev–Trinajstić information content (AvgIpc) is 2.89. The Morgan fingerprint density at radius 3 is 2.76 bits per heavy atom. The smallest absolute Gasteiger partial charge is 0.255 e. The van der Waals surface area contributed by atoms with Gasteiger partial charge in [0.25, 0.3) is 5.91 Å². The van der Waals surface area contributed by atoms with Gasteiger partial charge in [-0.2, -0.15) is 0 Å². The molecule has 1 fully saturated rings. The first kappa shape index (κ1) is 17.7. The van der Waals surface area contributed by atoms with Gasteiger partial charge in [0, 0.05) is 30.2 Å². The molecule has 0 saturated carbocycles. The minimum absolute atomic E-state index is 0.174. The van der Waals surface area contributed by atoms with E-state index in [-0.39, 0.29) is 5.91 Å². The Morgan fingerprint density at radius 1 is 1.24 bits per heavy atom. The van der Waals surface area contributed by atoms with E-state index in [2.05, 4.69) is 54.9 Å². The molecule has 1 atom stereocenters. The summed E-state index contributed by atoms with van der Waals surface area (Å²) in [7, 11) is 1.98. The lowest BCUT2D eigenvalue weighted by atomic mass is 9.97. The lowest BCUT2D eigenvalue weighted by Crippen LogP contribution is -2.42. The first-order valence-corrected chi connectivity index (χ1v) is 9.21. The van der Waals surface area contributed by atoms with Gasteiger partial charge >= 0.3 is 0 Å². The molecule has 1 aliphatic rings. The standard InChI is InChI=1S/C21H29N3O/c1-15-7-5-9-19(11-15)24-16(2)12-20(17(24)3)21(25)23-10-6-8-18(14-23)13-22-4/h5,7,9,11-12,18,22H,6,8,10,13-14H2,1-4H3. The Kier molecular flexibility index (Phi) is 5.28. The van der Waals surface area contributed by atoms with Gasteiger partial charge in [-0.1, -0.05) is 12.1 Å². The van der Waals surface area contributed by atoms with Crippen LogP contribution >= 0.6 is 0 Å². The largest absolute Gasteiger partial charge is 0.338 e. The van der Waals surface area contributed by atoms with Crippen molar-refractivity contribution >= 4 is 5.91 Å². The maximum Gasteiger partial charge on any atom is 0.255 e. The number of likely N-dealkylation sites (tertiary alicyclic amines) is 1. The molecule has 2 aromatic rings. The van der Waals surface area contributed by atoms with E-state index < -0.39 is 0 Å². The number of nitrogens with zero attached hydrogens (tertiary/aromatic N) is 2. The van der Waals surface area contributed by atoms with Crippen molar-refractivity contribution in [2.45, 2.75) is 33.6 Å². The maximum absolute atomic E-state index is 13.1. The SMILES string of the molecule is CNCC1CCCN(C(=O)c2cc(C)n(-c3cccc(C)c3)c2C)C1. The monoisotopic (exact) mass is 339 g/mol. The molecule has 0 bridgehead atoms. The van der Waals surface area contributed by atoms with Crippen LogP contribution in [-0.4, -0.2) is 42.1 Å². The van der Waals surface area contributed by atoms with E-state index in [1.54, 1.807) is 0 Å². The second kappa shape index (κ2) is 7.44. The van der Waals surface area contributed by atoms with Crippen LogP contribution in [0.15, 0.2) is 30.3 Å². The highest BCUT2D eigenvalue weighted by Crippen LogP contribution is 2.25. The fraction of sp³-hybridized carbons (Fsp3) is 0.476. The summed E-state index contributed by atoms with van der Waals surface area (Å²) in [5.74, 6) is 0.732. The fourth-order valence-corrected chi connectivity index (χ4v) is 4.02. The van der Waals surface area contributed by atoms with Gasteiger partial charge in [-0.05, 0) is 76.9 Å². The van der Waals surface area contributed by atoms with Gasteiger partial charge in [-0.15, -0.1) is 0 Å². The zero-order valence-corrected chi connectivity index (χ0v) is 15.8. The van der Waals surface area contributed by atoms with E-state index in [0.29, 0.717) is 5.92 Å². The molecule has 25 heavy (non-hydrogen) atoms. The summed E-state index contributed by atoms with van der Waals surface area (Å²) >= 11 is 0. The molecular formula is C21H29N3O. The van der Waals surface area contributed by atoms with Crippen LogP contribution in [0.5, 0.6) is 0 Å². The molecule has 0 radical (unpaired) electrons. The van der Waals surface area contributed by atoms with Gasteiger partial charge in [-0.25, -0.2) is 0 Å². The predicted octanol–water partition coefficient (Wildman–Crippen LogP) is 3.47. The Hall–Kier alpha value is -2.07. The topological polar surface area (TPSA) is 37.3 Å². The van der Waals surface area contributed by atoms with Crippen LogP contribution < -0.4 is 5.32 Å². The normalized spacial score (nSPS) is 17.8. The molecule has 3 rings (SSSR count). The number of hydrogen-bond donors (Lipinski definition) is 1. The number of hydrogen-bond acceptors (Lipinski definition) is 2. The number of amides is 1. The molecule has 4 nitrogen and oxygen atoms in total. The van der Waals surface area contributed by atoms with Crippen LogP contribution in [0.25, 0.3) is 5.69 Å². The van der Waals surface area contributed by atoms with Crippen molar-refractivity contribution in [3.05, 3.63) is 52.8 Å². The van der Waals surface area contributed by atoms with Crippen LogP contribution in [-0.2, 0) is 0 Å². The minimum atomic E-state index is 0.174. The van der Waals surface area contributed by atoms with Crippen molar-refractivity contribution in [2.75, 3.05) is 26.7 Å². The molecule has 1 N–H and O–H groups in total. The number of rotatable bonds is 4. The van der Waals surface area contributed by atoms with Gasteiger partial charge in [0.1, 0.15) is 0 Å². The third-order valence-electron chi connectivity index (χ3n) is 5.22. The molecule has 1 amide bonds. The third kappa shape index (κ3) is 3.64. The molecule has 2 heterocycles. The average molecular weight is 339 g/mol. The van der Waals surface area contributed by atoms with Crippen molar-refractivity contribution in [1.29, 1.82) is 0 Å². The molecule has 1 aromatic carbocycles. The van der Waals surface area contributed by atoms with Crippen molar-refractivity contribution in [2.24, 2.45) is 5.92 Å². The highest BCUT2D eigenvalue weighted by molar-refractivity contribution is 5.96. The van der Waals surface area contributed by atoms with E-state index in [1.807, 2.05) is 18.0 Å². The number of carbonyl (C=O) groups excluding carboxylic acids is 1. The Bertz CT molecular complexity index is 760. The summed E-state index contributed by atoms with van der Waals surface area (Å²) < 4.78 is 2.19. The van der Waals surface area contributed by atoms with Crippen molar-refractivity contribution in [3.8, 4) is 5.69 Å². The third-order valence-corrected chi connectivity index (χ3v) is 5.22. The molecular weight excluding hydrogens is 310 g/mol. The lowest BCUT2D eigenvalue weighted by molar-refractivity contribution is 0.0673. The zero-order valence-electron chi connectivity index (χ0n) is 15.8. The Morgan fingerprint density at radius 2 is 2.04 bits per heavy atom.